The summed E-state index contributed by atoms with van der Waals surface area (Å²) in [4.78, 5) is 14.1. The Labute approximate surface area is 133 Å². The highest BCUT2D eigenvalue weighted by atomic mass is 16.2. The molecule has 0 saturated heterocycles. The van der Waals surface area contributed by atoms with Crippen LogP contribution in [0.15, 0.2) is 54.6 Å². The van der Waals surface area contributed by atoms with Crippen LogP contribution in [0.25, 0.3) is 0 Å². The van der Waals surface area contributed by atoms with Crippen LogP contribution in [-0.2, 0) is 11.2 Å². The van der Waals surface area contributed by atoms with Crippen molar-refractivity contribution in [3.63, 3.8) is 0 Å². The van der Waals surface area contributed by atoms with Gasteiger partial charge in [0, 0.05) is 12.7 Å². The van der Waals surface area contributed by atoms with E-state index in [1.165, 1.54) is 5.56 Å². The second kappa shape index (κ2) is 7.64. The minimum atomic E-state index is 0.0163. The standard InChI is InChI=1S/C19H24N2O/c1-4-16-10-12-17(13-11-16)15(2)20-19(22)14-21(3)18-8-6-5-7-9-18/h5-13,15H,4,14H2,1-3H3,(H,20,22)/t15-/m1/s1. The quantitative estimate of drug-likeness (QED) is 0.884. The lowest BCUT2D eigenvalue weighted by atomic mass is 10.1. The summed E-state index contributed by atoms with van der Waals surface area (Å²) in [6.45, 7) is 4.50. The van der Waals surface area contributed by atoms with Crippen molar-refractivity contribution >= 4 is 11.6 Å². The predicted octanol–water partition coefficient (Wildman–Crippen LogP) is 3.56. The van der Waals surface area contributed by atoms with Gasteiger partial charge in [0.1, 0.15) is 0 Å². The summed E-state index contributed by atoms with van der Waals surface area (Å²) < 4.78 is 0. The van der Waals surface area contributed by atoms with Crippen LogP contribution >= 0.6 is 0 Å². The number of rotatable bonds is 6. The van der Waals surface area contributed by atoms with E-state index in [2.05, 4.69) is 36.5 Å². The van der Waals surface area contributed by atoms with E-state index in [0.29, 0.717) is 6.54 Å². The fourth-order valence-electron chi connectivity index (χ4n) is 2.40. The zero-order valence-corrected chi connectivity index (χ0v) is 13.5. The summed E-state index contributed by atoms with van der Waals surface area (Å²) in [7, 11) is 1.93. The number of nitrogens with one attached hydrogen (secondary N) is 1. The number of carbonyl (C=O) groups is 1. The third-order valence-electron chi connectivity index (χ3n) is 3.84. The van der Waals surface area contributed by atoms with Crippen LogP contribution < -0.4 is 10.2 Å². The molecule has 0 saturated carbocycles. The average molecular weight is 296 g/mol. The molecule has 0 bridgehead atoms. The van der Waals surface area contributed by atoms with E-state index in [1.807, 2.05) is 49.2 Å². The molecule has 2 rings (SSSR count). The fraction of sp³-hybridized carbons (Fsp3) is 0.316. The number of amides is 1. The van der Waals surface area contributed by atoms with Gasteiger partial charge in [-0.2, -0.15) is 0 Å². The molecule has 22 heavy (non-hydrogen) atoms. The largest absolute Gasteiger partial charge is 0.365 e. The Morgan fingerprint density at radius 3 is 2.32 bits per heavy atom. The van der Waals surface area contributed by atoms with E-state index < -0.39 is 0 Å². The molecular formula is C19H24N2O. The highest BCUT2D eigenvalue weighted by Crippen LogP contribution is 2.14. The van der Waals surface area contributed by atoms with Crippen molar-refractivity contribution in [2.24, 2.45) is 0 Å². The number of hydrogen-bond donors (Lipinski definition) is 1. The molecule has 0 aliphatic heterocycles. The number of aryl methyl sites for hydroxylation is 1. The van der Waals surface area contributed by atoms with Gasteiger partial charge in [0.15, 0.2) is 0 Å². The van der Waals surface area contributed by atoms with E-state index in [4.69, 9.17) is 0 Å². The van der Waals surface area contributed by atoms with Gasteiger partial charge in [0.2, 0.25) is 5.91 Å². The Kier molecular flexibility index (Phi) is 5.59. The maximum atomic E-state index is 12.2. The number of anilines is 1. The maximum absolute atomic E-state index is 12.2. The molecule has 0 aromatic heterocycles. The summed E-state index contributed by atoms with van der Waals surface area (Å²) in [5.74, 6) is 0.0263. The van der Waals surface area contributed by atoms with Gasteiger partial charge in [-0.25, -0.2) is 0 Å². The molecule has 1 amide bonds. The van der Waals surface area contributed by atoms with Crippen molar-refractivity contribution in [1.29, 1.82) is 0 Å². The van der Waals surface area contributed by atoms with Gasteiger partial charge in [0.05, 0.1) is 12.6 Å². The molecule has 0 aliphatic carbocycles. The second-order valence-electron chi connectivity index (χ2n) is 5.58. The zero-order valence-electron chi connectivity index (χ0n) is 13.5. The SMILES string of the molecule is CCc1ccc([C@@H](C)NC(=O)CN(C)c2ccccc2)cc1. The molecule has 1 N–H and O–H groups in total. The van der Waals surface area contributed by atoms with E-state index >= 15 is 0 Å². The van der Waals surface area contributed by atoms with Crippen molar-refractivity contribution in [3.8, 4) is 0 Å². The Balaban J connectivity index is 1.90. The molecule has 3 nitrogen and oxygen atoms in total. The molecule has 0 aliphatic rings. The molecular weight excluding hydrogens is 272 g/mol. The number of likely N-dealkylation sites (N-methyl/N-ethyl adjacent to an activating group) is 1. The van der Waals surface area contributed by atoms with Crippen molar-refractivity contribution in [2.75, 3.05) is 18.5 Å². The third-order valence-corrected chi connectivity index (χ3v) is 3.84. The Morgan fingerprint density at radius 2 is 1.73 bits per heavy atom. The summed E-state index contributed by atoms with van der Waals surface area (Å²) in [6.07, 6.45) is 1.03. The van der Waals surface area contributed by atoms with Crippen molar-refractivity contribution in [2.45, 2.75) is 26.3 Å². The Hall–Kier alpha value is -2.29. The molecule has 3 heteroatoms. The van der Waals surface area contributed by atoms with E-state index in [9.17, 15) is 4.79 Å². The summed E-state index contributed by atoms with van der Waals surface area (Å²) in [5, 5.41) is 3.05. The van der Waals surface area contributed by atoms with Gasteiger partial charge in [0.25, 0.3) is 0 Å². The molecule has 0 heterocycles. The Morgan fingerprint density at radius 1 is 1.09 bits per heavy atom. The highest BCUT2D eigenvalue weighted by molar-refractivity contribution is 5.81. The van der Waals surface area contributed by atoms with Crippen molar-refractivity contribution in [1.82, 2.24) is 5.32 Å². The van der Waals surface area contributed by atoms with Crippen LogP contribution in [0.3, 0.4) is 0 Å². The van der Waals surface area contributed by atoms with Gasteiger partial charge >= 0.3 is 0 Å². The molecule has 0 fully saturated rings. The van der Waals surface area contributed by atoms with E-state index in [1.54, 1.807) is 0 Å². The lowest BCUT2D eigenvalue weighted by Gasteiger charge is -2.21. The van der Waals surface area contributed by atoms with Crippen LogP contribution in [0.5, 0.6) is 0 Å². The first-order chi connectivity index (χ1) is 10.6. The first-order valence-corrected chi connectivity index (χ1v) is 7.74. The summed E-state index contributed by atoms with van der Waals surface area (Å²) >= 11 is 0. The van der Waals surface area contributed by atoms with Crippen LogP contribution in [0, 0.1) is 0 Å². The molecule has 2 aromatic rings. The zero-order chi connectivity index (χ0) is 15.9. The molecule has 0 spiro atoms. The maximum Gasteiger partial charge on any atom is 0.239 e. The molecule has 1 atom stereocenters. The molecule has 0 radical (unpaired) electrons. The number of hydrogen-bond acceptors (Lipinski definition) is 2. The topological polar surface area (TPSA) is 32.3 Å². The second-order valence-corrected chi connectivity index (χ2v) is 5.58. The number of nitrogens with zero attached hydrogens (tertiary/aromatic N) is 1. The van der Waals surface area contributed by atoms with Crippen LogP contribution in [0.4, 0.5) is 5.69 Å². The first kappa shape index (κ1) is 16.1. The van der Waals surface area contributed by atoms with Gasteiger partial charge in [-0.3, -0.25) is 4.79 Å². The third kappa shape index (κ3) is 4.35. The van der Waals surface area contributed by atoms with Crippen LogP contribution in [0.2, 0.25) is 0 Å². The molecule has 0 unspecified atom stereocenters. The van der Waals surface area contributed by atoms with Crippen LogP contribution in [-0.4, -0.2) is 19.5 Å². The number of carbonyl (C=O) groups excluding carboxylic acids is 1. The van der Waals surface area contributed by atoms with Crippen molar-refractivity contribution < 1.29 is 4.79 Å². The lowest BCUT2D eigenvalue weighted by molar-refractivity contribution is -0.120. The Bertz CT molecular complexity index is 593. The van der Waals surface area contributed by atoms with Gasteiger partial charge < -0.3 is 10.2 Å². The number of para-hydroxylation sites is 1. The summed E-state index contributed by atoms with van der Waals surface area (Å²) in [5.41, 5.74) is 3.48. The van der Waals surface area contributed by atoms with Crippen LogP contribution in [0.1, 0.15) is 31.0 Å². The van der Waals surface area contributed by atoms with E-state index in [-0.39, 0.29) is 11.9 Å². The minimum absolute atomic E-state index is 0.0163. The fourth-order valence-corrected chi connectivity index (χ4v) is 2.40. The predicted molar refractivity (Wildman–Crippen MR) is 92.1 cm³/mol. The van der Waals surface area contributed by atoms with E-state index in [0.717, 1.165) is 17.7 Å². The highest BCUT2D eigenvalue weighted by Gasteiger charge is 2.11. The monoisotopic (exact) mass is 296 g/mol. The van der Waals surface area contributed by atoms with Gasteiger partial charge in [-0.15, -0.1) is 0 Å². The molecule has 116 valence electrons. The normalized spacial score (nSPS) is 11.8. The molecule has 2 aromatic carbocycles. The number of benzene rings is 2. The van der Waals surface area contributed by atoms with Crippen molar-refractivity contribution in [3.05, 3.63) is 65.7 Å². The van der Waals surface area contributed by atoms with Gasteiger partial charge in [-0.05, 0) is 36.6 Å². The first-order valence-electron chi connectivity index (χ1n) is 7.74. The van der Waals surface area contributed by atoms with Gasteiger partial charge in [-0.1, -0.05) is 49.4 Å². The average Bonchev–Trinajstić information content (AvgIpc) is 2.55. The minimum Gasteiger partial charge on any atom is -0.365 e. The summed E-state index contributed by atoms with van der Waals surface area (Å²) in [6, 6.07) is 18.4. The smallest absolute Gasteiger partial charge is 0.239 e. The lowest BCUT2D eigenvalue weighted by Crippen LogP contribution is -2.36.